The maximum atomic E-state index is 10.1. The summed E-state index contributed by atoms with van der Waals surface area (Å²) >= 11 is 0. The standard InChI is InChI=1S/C16H22N2O/c1-10-5-6-13(19)15-12(7-11(2)14(10)15)18-9-16(3,4)8-17/h5-6,11-12,18-19H,7,9H2,1-4H3. The normalized spacial score (nSPS) is 22.1. The zero-order chi connectivity index (χ0) is 14.2. The van der Waals surface area contributed by atoms with Crippen molar-refractivity contribution >= 4 is 0 Å². The van der Waals surface area contributed by atoms with E-state index in [4.69, 9.17) is 5.26 Å². The molecule has 0 fully saturated rings. The number of aromatic hydroxyl groups is 1. The van der Waals surface area contributed by atoms with Gasteiger partial charge in [0.15, 0.2) is 0 Å². The molecule has 0 heterocycles. The van der Waals surface area contributed by atoms with Gasteiger partial charge < -0.3 is 10.4 Å². The zero-order valence-electron chi connectivity index (χ0n) is 12.1. The predicted molar refractivity (Wildman–Crippen MR) is 76.0 cm³/mol. The lowest BCUT2D eigenvalue weighted by atomic mass is 9.95. The van der Waals surface area contributed by atoms with Crippen LogP contribution in [0, 0.1) is 23.7 Å². The van der Waals surface area contributed by atoms with E-state index in [-0.39, 0.29) is 11.5 Å². The molecule has 0 saturated heterocycles. The molecule has 2 rings (SSSR count). The summed E-state index contributed by atoms with van der Waals surface area (Å²) in [5.41, 5.74) is 3.16. The van der Waals surface area contributed by atoms with Crippen molar-refractivity contribution in [3.05, 3.63) is 28.8 Å². The summed E-state index contributed by atoms with van der Waals surface area (Å²) in [4.78, 5) is 0. The van der Waals surface area contributed by atoms with E-state index in [1.165, 1.54) is 11.1 Å². The van der Waals surface area contributed by atoms with Crippen LogP contribution in [0.5, 0.6) is 5.75 Å². The van der Waals surface area contributed by atoms with E-state index < -0.39 is 0 Å². The van der Waals surface area contributed by atoms with E-state index in [0.29, 0.717) is 18.2 Å². The molecule has 2 atom stereocenters. The Morgan fingerprint density at radius 2 is 2.11 bits per heavy atom. The first-order valence-electron chi connectivity index (χ1n) is 6.82. The highest BCUT2D eigenvalue weighted by molar-refractivity contribution is 5.50. The number of nitriles is 1. The molecular formula is C16H22N2O. The van der Waals surface area contributed by atoms with Crippen LogP contribution in [0.4, 0.5) is 0 Å². The third-order valence-electron chi connectivity index (χ3n) is 4.01. The second-order valence-electron chi connectivity index (χ2n) is 6.29. The second-order valence-corrected chi connectivity index (χ2v) is 6.29. The fraction of sp³-hybridized carbons (Fsp3) is 0.562. The maximum Gasteiger partial charge on any atom is 0.120 e. The molecule has 1 aliphatic rings. The molecule has 1 aromatic carbocycles. The summed E-state index contributed by atoms with van der Waals surface area (Å²) in [6.45, 7) is 8.78. The van der Waals surface area contributed by atoms with E-state index in [1.807, 2.05) is 19.9 Å². The summed E-state index contributed by atoms with van der Waals surface area (Å²) in [5.74, 6) is 0.821. The highest BCUT2D eigenvalue weighted by Gasteiger charge is 2.32. The van der Waals surface area contributed by atoms with Crippen molar-refractivity contribution < 1.29 is 5.11 Å². The van der Waals surface area contributed by atoms with Gasteiger partial charge in [-0.25, -0.2) is 0 Å². The second kappa shape index (κ2) is 4.86. The first-order valence-corrected chi connectivity index (χ1v) is 6.82. The Balaban J connectivity index is 2.25. The molecule has 0 aliphatic heterocycles. The van der Waals surface area contributed by atoms with Crippen LogP contribution in [0.3, 0.4) is 0 Å². The van der Waals surface area contributed by atoms with Gasteiger partial charge in [0, 0.05) is 18.2 Å². The van der Waals surface area contributed by atoms with E-state index in [9.17, 15) is 5.11 Å². The summed E-state index contributed by atoms with van der Waals surface area (Å²) in [6.07, 6.45) is 0.981. The fourth-order valence-corrected chi connectivity index (χ4v) is 2.95. The number of rotatable bonds is 3. The molecule has 2 unspecified atom stereocenters. The minimum absolute atomic E-state index is 0.150. The predicted octanol–water partition coefficient (Wildman–Crippen LogP) is 3.39. The van der Waals surface area contributed by atoms with Gasteiger partial charge in [0.05, 0.1) is 11.5 Å². The van der Waals surface area contributed by atoms with Gasteiger partial charge in [0.2, 0.25) is 0 Å². The highest BCUT2D eigenvalue weighted by atomic mass is 16.3. The van der Waals surface area contributed by atoms with E-state index in [1.54, 1.807) is 6.07 Å². The fourth-order valence-electron chi connectivity index (χ4n) is 2.95. The van der Waals surface area contributed by atoms with Gasteiger partial charge in [0.25, 0.3) is 0 Å². The minimum atomic E-state index is -0.383. The third kappa shape index (κ3) is 2.59. The SMILES string of the molecule is Cc1ccc(O)c2c1C(C)CC2NCC(C)(C)C#N. The number of aryl methyl sites for hydroxylation is 1. The van der Waals surface area contributed by atoms with Crippen molar-refractivity contribution in [3.63, 3.8) is 0 Å². The van der Waals surface area contributed by atoms with E-state index >= 15 is 0 Å². The van der Waals surface area contributed by atoms with Crippen LogP contribution >= 0.6 is 0 Å². The van der Waals surface area contributed by atoms with Gasteiger partial charge in [-0.2, -0.15) is 5.26 Å². The summed E-state index contributed by atoms with van der Waals surface area (Å²) in [6, 6.07) is 6.20. The molecule has 19 heavy (non-hydrogen) atoms. The van der Waals surface area contributed by atoms with Crippen molar-refractivity contribution in [2.24, 2.45) is 5.41 Å². The number of phenolic OH excluding ortho intramolecular Hbond substituents is 1. The van der Waals surface area contributed by atoms with Crippen LogP contribution in [0.25, 0.3) is 0 Å². The quantitative estimate of drug-likeness (QED) is 0.873. The number of nitrogens with one attached hydrogen (secondary N) is 1. The summed E-state index contributed by atoms with van der Waals surface area (Å²) < 4.78 is 0. The Kier molecular flexibility index (Phi) is 3.56. The molecule has 1 aromatic rings. The van der Waals surface area contributed by atoms with Crippen LogP contribution < -0.4 is 5.32 Å². The van der Waals surface area contributed by atoms with E-state index in [2.05, 4.69) is 25.2 Å². The molecule has 0 aromatic heterocycles. The lowest BCUT2D eigenvalue weighted by molar-refractivity contribution is 0.387. The van der Waals surface area contributed by atoms with Crippen molar-refractivity contribution in [2.75, 3.05) is 6.54 Å². The first kappa shape index (κ1) is 13.9. The third-order valence-corrected chi connectivity index (χ3v) is 4.01. The lowest BCUT2D eigenvalue weighted by Crippen LogP contribution is -2.30. The highest BCUT2D eigenvalue weighted by Crippen LogP contribution is 2.46. The van der Waals surface area contributed by atoms with Crippen molar-refractivity contribution in [1.82, 2.24) is 5.32 Å². The Hall–Kier alpha value is -1.53. The number of hydrogen-bond donors (Lipinski definition) is 2. The van der Waals surface area contributed by atoms with E-state index in [0.717, 1.165) is 12.0 Å². The Morgan fingerprint density at radius 1 is 1.42 bits per heavy atom. The van der Waals surface area contributed by atoms with Gasteiger partial charge in [-0.1, -0.05) is 13.0 Å². The largest absolute Gasteiger partial charge is 0.508 e. The molecule has 3 heteroatoms. The molecule has 0 saturated carbocycles. The van der Waals surface area contributed by atoms with Crippen LogP contribution in [-0.4, -0.2) is 11.7 Å². The van der Waals surface area contributed by atoms with Crippen LogP contribution in [-0.2, 0) is 0 Å². The van der Waals surface area contributed by atoms with Crippen LogP contribution in [0.15, 0.2) is 12.1 Å². The van der Waals surface area contributed by atoms with Gasteiger partial charge >= 0.3 is 0 Å². The number of benzene rings is 1. The molecule has 3 nitrogen and oxygen atoms in total. The minimum Gasteiger partial charge on any atom is -0.508 e. The number of fused-ring (bicyclic) bond motifs is 1. The molecular weight excluding hydrogens is 236 g/mol. The number of nitrogens with zero attached hydrogens (tertiary/aromatic N) is 1. The average molecular weight is 258 g/mol. The molecule has 102 valence electrons. The van der Waals surface area contributed by atoms with Crippen molar-refractivity contribution in [2.45, 2.75) is 46.1 Å². The average Bonchev–Trinajstić information content (AvgIpc) is 2.70. The summed E-state index contributed by atoms with van der Waals surface area (Å²) in [7, 11) is 0. The van der Waals surface area contributed by atoms with Gasteiger partial charge in [-0.3, -0.25) is 0 Å². The van der Waals surface area contributed by atoms with Crippen LogP contribution in [0.2, 0.25) is 0 Å². The van der Waals surface area contributed by atoms with Gasteiger partial charge in [0.1, 0.15) is 5.75 Å². The topological polar surface area (TPSA) is 56.0 Å². The molecule has 1 aliphatic carbocycles. The number of hydrogen-bond acceptors (Lipinski definition) is 3. The van der Waals surface area contributed by atoms with Crippen LogP contribution in [0.1, 0.15) is 55.8 Å². The maximum absolute atomic E-state index is 10.1. The molecule has 0 bridgehead atoms. The first-order chi connectivity index (χ1) is 8.85. The summed E-state index contributed by atoms with van der Waals surface area (Å²) in [5, 5.41) is 22.6. The molecule has 0 radical (unpaired) electrons. The Bertz CT molecular complexity index is 528. The molecule has 0 amide bonds. The Labute approximate surface area is 115 Å². The monoisotopic (exact) mass is 258 g/mol. The van der Waals surface area contributed by atoms with Crippen molar-refractivity contribution in [3.8, 4) is 11.8 Å². The van der Waals surface area contributed by atoms with Gasteiger partial charge in [-0.15, -0.1) is 0 Å². The Morgan fingerprint density at radius 3 is 2.74 bits per heavy atom. The zero-order valence-corrected chi connectivity index (χ0v) is 12.1. The molecule has 0 spiro atoms. The molecule has 2 N–H and O–H groups in total. The van der Waals surface area contributed by atoms with Gasteiger partial charge in [-0.05, 0) is 50.3 Å². The number of phenols is 1. The smallest absolute Gasteiger partial charge is 0.120 e. The van der Waals surface area contributed by atoms with Crippen molar-refractivity contribution in [1.29, 1.82) is 5.26 Å². The lowest BCUT2D eigenvalue weighted by Gasteiger charge is -2.21.